The number of piperidine rings is 1. The third-order valence-electron chi connectivity index (χ3n) is 5.80. The van der Waals surface area contributed by atoms with Crippen LogP contribution in [0.15, 0.2) is 11.4 Å². The molecule has 24 heavy (non-hydrogen) atoms. The Kier molecular flexibility index (Phi) is 5.67. The van der Waals surface area contributed by atoms with Crippen LogP contribution in [0.1, 0.15) is 43.6 Å². The van der Waals surface area contributed by atoms with Crippen LogP contribution in [0.2, 0.25) is 0 Å². The first-order valence-electron chi connectivity index (χ1n) is 9.14. The van der Waals surface area contributed by atoms with Gasteiger partial charge in [-0.1, -0.05) is 13.8 Å². The molecule has 0 radical (unpaired) electrons. The summed E-state index contributed by atoms with van der Waals surface area (Å²) in [4.78, 5) is 6.48. The Morgan fingerprint density at radius 3 is 2.58 bits per heavy atom. The predicted octanol–water partition coefficient (Wildman–Crippen LogP) is 2.95. The molecule has 1 N–H and O–H groups in total. The molecule has 2 fully saturated rings. The van der Waals surface area contributed by atoms with E-state index in [9.17, 15) is 5.11 Å². The molecule has 0 bridgehead atoms. The lowest BCUT2D eigenvalue weighted by Gasteiger charge is -2.50. The van der Waals surface area contributed by atoms with E-state index < -0.39 is 5.60 Å². The molecule has 2 aliphatic rings. The Morgan fingerprint density at radius 2 is 1.92 bits per heavy atom. The zero-order valence-corrected chi connectivity index (χ0v) is 16.2. The summed E-state index contributed by atoms with van der Waals surface area (Å²) >= 11 is 1.88. The van der Waals surface area contributed by atoms with Crippen LogP contribution in [0, 0.1) is 5.41 Å². The van der Waals surface area contributed by atoms with Crippen LogP contribution < -0.4 is 0 Å². The van der Waals surface area contributed by atoms with Crippen molar-refractivity contribution >= 4 is 11.3 Å². The number of hydrogen-bond acceptors (Lipinski definition) is 5. The van der Waals surface area contributed by atoms with Gasteiger partial charge in [0, 0.05) is 43.6 Å². The Hall–Kier alpha value is -0.460. The Labute approximate surface area is 150 Å². The van der Waals surface area contributed by atoms with Gasteiger partial charge in [-0.05, 0) is 49.4 Å². The average Bonchev–Trinajstić information content (AvgIpc) is 3.16. The number of thiophene rings is 1. The highest BCUT2D eigenvalue weighted by Gasteiger charge is 2.47. The SMILES string of the molecule is COC[C@]1(O)CCN(Cc2cc(CN3CCCC3)cs2)CC1(C)C. The minimum atomic E-state index is -0.714. The van der Waals surface area contributed by atoms with Crippen molar-refractivity contribution in [2.75, 3.05) is 39.9 Å². The zero-order valence-electron chi connectivity index (χ0n) is 15.4. The second-order valence-electron chi connectivity index (χ2n) is 8.21. The van der Waals surface area contributed by atoms with Gasteiger partial charge >= 0.3 is 0 Å². The first-order valence-corrected chi connectivity index (χ1v) is 10.0. The van der Waals surface area contributed by atoms with Gasteiger partial charge in [-0.2, -0.15) is 0 Å². The summed E-state index contributed by atoms with van der Waals surface area (Å²) in [5.41, 5.74) is 0.593. The van der Waals surface area contributed by atoms with Gasteiger partial charge in [-0.25, -0.2) is 0 Å². The van der Waals surface area contributed by atoms with Crippen LogP contribution in [0.4, 0.5) is 0 Å². The van der Waals surface area contributed by atoms with E-state index in [1.54, 1.807) is 7.11 Å². The quantitative estimate of drug-likeness (QED) is 0.854. The second-order valence-corrected chi connectivity index (χ2v) is 9.21. The van der Waals surface area contributed by atoms with Crippen molar-refractivity contribution in [3.63, 3.8) is 0 Å². The van der Waals surface area contributed by atoms with Crippen molar-refractivity contribution in [3.05, 3.63) is 21.9 Å². The molecule has 0 unspecified atom stereocenters. The van der Waals surface area contributed by atoms with E-state index >= 15 is 0 Å². The minimum absolute atomic E-state index is 0.156. The van der Waals surface area contributed by atoms with Crippen molar-refractivity contribution in [2.45, 2.75) is 51.8 Å². The fourth-order valence-corrected chi connectivity index (χ4v) is 5.04. The topological polar surface area (TPSA) is 35.9 Å². The Bertz CT molecular complexity index is 539. The number of methoxy groups -OCH3 is 1. The Morgan fingerprint density at radius 1 is 1.17 bits per heavy atom. The molecule has 0 amide bonds. The highest BCUT2D eigenvalue weighted by atomic mass is 32.1. The highest BCUT2D eigenvalue weighted by molar-refractivity contribution is 7.10. The molecule has 0 spiro atoms. The molecule has 2 aliphatic heterocycles. The summed E-state index contributed by atoms with van der Waals surface area (Å²) in [5, 5.41) is 13.2. The maximum absolute atomic E-state index is 10.9. The molecule has 5 heteroatoms. The lowest BCUT2D eigenvalue weighted by molar-refractivity contribution is -0.151. The molecule has 4 nitrogen and oxygen atoms in total. The van der Waals surface area contributed by atoms with Crippen molar-refractivity contribution in [3.8, 4) is 0 Å². The predicted molar refractivity (Wildman–Crippen MR) is 99.3 cm³/mol. The molecular weight excluding hydrogens is 320 g/mol. The minimum Gasteiger partial charge on any atom is -0.387 e. The summed E-state index contributed by atoms with van der Waals surface area (Å²) in [6, 6.07) is 2.38. The fourth-order valence-electron chi connectivity index (χ4n) is 4.12. The smallest absolute Gasteiger partial charge is 0.0954 e. The van der Waals surface area contributed by atoms with Crippen molar-refractivity contribution in [2.24, 2.45) is 5.41 Å². The van der Waals surface area contributed by atoms with Crippen LogP contribution >= 0.6 is 11.3 Å². The van der Waals surface area contributed by atoms with Gasteiger partial charge < -0.3 is 9.84 Å². The molecule has 3 rings (SSSR count). The van der Waals surface area contributed by atoms with Gasteiger partial charge in [-0.15, -0.1) is 11.3 Å². The first-order chi connectivity index (χ1) is 11.4. The monoisotopic (exact) mass is 352 g/mol. The molecular formula is C19H32N2O2S. The number of hydrogen-bond donors (Lipinski definition) is 1. The molecule has 1 aromatic heterocycles. The molecule has 136 valence electrons. The maximum Gasteiger partial charge on any atom is 0.0954 e. The normalized spacial score (nSPS) is 28.5. The third kappa shape index (κ3) is 4.02. The number of rotatable bonds is 6. The molecule has 0 saturated carbocycles. The summed E-state index contributed by atoms with van der Waals surface area (Å²) < 4.78 is 5.27. The van der Waals surface area contributed by atoms with Crippen molar-refractivity contribution < 1.29 is 9.84 Å². The molecule has 1 atom stereocenters. The van der Waals surface area contributed by atoms with E-state index in [0.29, 0.717) is 6.61 Å². The highest BCUT2D eigenvalue weighted by Crippen LogP contribution is 2.39. The van der Waals surface area contributed by atoms with E-state index in [1.807, 2.05) is 11.3 Å². The van der Waals surface area contributed by atoms with Gasteiger partial charge in [0.2, 0.25) is 0 Å². The summed E-state index contributed by atoms with van der Waals surface area (Å²) in [5.74, 6) is 0. The van der Waals surface area contributed by atoms with Crippen LogP contribution in [-0.4, -0.2) is 60.4 Å². The maximum atomic E-state index is 10.9. The third-order valence-corrected chi connectivity index (χ3v) is 6.77. The van der Waals surface area contributed by atoms with E-state index in [-0.39, 0.29) is 5.41 Å². The van der Waals surface area contributed by atoms with Crippen LogP contribution in [-0.2, 0) is 17.8 Å². The summed E-state index contributed by atoms with van der Waals surface area (Å²) in [6.45, 7) is 11.2. The number of nitrogens with zero attached hydrogens (tertiary/aromatic N) is 2. The van der Waals surface area contributed by atoms with Crippen LogP contribution in [0.5, 0.6) is 0 Å². The van der Waals surface area contributed by atoms with E-state index in [0.717, 1.165) is 32.6 Å². The molecule has 0 aliphatic carbocycles. The lowest BCUT2D eigenvalue weighted by atomic mass is 9.70. The lowest BCUT2D eigenvalue weighted by Crippen LogP contribution is -2.59. The summed E-state index contributed by atoms with van der Waals surface area (Å²) in [7, 11) is 1.67. The second kappa shape index (κ2) is 7.42. The average molecular weight is 353 g/mol. The van der Waals surface area contributed by atoms with E-state index in [1.165, 1.54) is 36.4 Å². The first kappa shape index (κ1) is 18.3. The van der Waals surface area contributed by atoms with Crippen LogP contribution in [0.25, 0.3) is 0 Å². The standard InChI is InChI=1S/C19H32N2O2S/c1-18(2)14-21(9-6-19(18,22)15-23-3)12-17-10-16(13-24-17)11-20-7-4-5-8-20/h10,13,22H,4-9,11-12,14-15H2,1-3H3/t19-/m1/s1. The number of ether oxygens (including phenoxy) is 1. The van der Waals surface area contributed by atoms with Gasteiger partial charge in [0.25, 0.3) is 0 Å². The van der Waals surface area contributed by atoms with E-state index in [2.05, 4.69) is 35.1 Å². The van der Waals surface area contributed by atoms with Gasteiger partial charge in [-0.3, -0.25) is 9.80 Å². The number of likely N-dealkylation sites (tertiary alicyclic amines) is 2. The van der Waals surface area contributed by atoms with Crippen LogP contribution in [0.3, 0.4) is 0 Å². The van der Waals surface area contributed by atoms with Gasteiger partial charge in [0.15, 0.2) is 0 Å². The Balaban J connectivity index is 1.56. The molecule has 2 saturated heterocycles. The van der Waals surface area contributed by atoms with E-state index in [4.69, 9.17) is 4.74 Å². The fraction of sp³-hybridized carbons (Fsp3) is 0.789. The summed E-state index contributed by atoms with van der Waals surface area (Å²) in [6.07, 6.45) is 3.48. The molecule has 1 aromatic rings. The van der Waals surface area contributed by atoms with Crippen molar-refractivity contribution in [1.29, 1.82) is 0 Å². The largest absolute Gasteiger partial charge is 0.387 e. The van der Waals surface area contributed by atoms with Crippen molar-refractivity contribution in [1.82, 2.24) is 9.80 Å². The van der Waals surface area contributed by atoms with Gasteiger partial charge in [0.05, 0.1) is 12.2 Å². The zero-order chi connectivity index (χ0) is 17.2. The van der Waals surface area contributed by atoms with Gasteiger partial charge in [0.1, 0.15) is 0 Å². The number of aliphatic hydroxyl groups is 1. The molecule has 0 aromatic carbocycles. The molecule has 3 heterocycles.